The zero-order valence-corrected chi connectivity index (χ0v) is 11.7. The van der Waals surface area contributed by atoms with Crippen LogP contribution in [0.15, 0.2) is 30.3 Å². The molecule has 0 saturated heterocycles. The lowest BCUT2D eigenvalue weighted by atomic mass is 9.87. The van der Waals surface area contributed by atoms with E-state index < -0.39 is 18.3 Å². The van der Waals surface area contributed by atoms with Crippen molar-refractivity contribution < 1.29 is 18.3 Å². The molecule has 0 radical (unpaired) electrons. The van der Waals surface area contributed by atoms with Crippen LogP contribution >= 0.6 is 0 Å². The predicted octanol–water partition coefficient (Wildman–Crippen LogP) is 1.98. The van der Waals surface area contributed by atoms with Gasteiger partial charge in [0.2, 0.25) is 0 Å². The Labute approximate surface area is 117 Å². The molecule has 1 atom stereocenters. The summed E-state index contributed by atoms with van der Waals surface area (Å²) < 4.78 is 36.9. The van der Waals surface area contributed by atoms with E-state index in [0.29, 0.717) is 6.42 Å². The van der Waals surface area contributed by atoms with Crippen LogP contribution in [0, 0.1) is 0 Å². The fraction of sp³-hybridized carbons (Fsp3) is 0.571. The number of halogens is 3. The lowest BCUT2D eigenvalue weighted by Gasteiger charge is -2.34. The fourth-order valence-corrected chi connectivity index (χ4v) is 2.19. The zero-order chi connectivity index (χ0) is 15.2. The monoisotopic (exact) mass is 290 g/mol. The molecule has 0 saturated carbocycles. The van der Waals surface area contributed by atoms with E-state index in [9.17, 15) is 18.3 Å². The Kier molecular flexibility index (Phi) is 5.98. The second-order valence-corrected chi connectivity index (χ2v) is 4.96. The molecule has 0 aliphatic rings. The SMILES string of the molecule is CNC(CO)(CCN(C)CC(F)(F)F)c1ccccc1. The van der Waals surface area contributed by atoms with Crippen LogP contribution in [-0.4, -0.2) is 50.0 Å². The number of nitrogens with one attached hydrogen (secondary N) is 1. The Morgan fingerprint density at radius 2 is 1.80 bits per heavy atom. The minimum absolute atomic E-state index is 0.173. The van der Waals surface area contributed by atoms with Gasteiger partial charge in [-0.25, -0.2) is 0 Å². The van der Waals surface area contributed by atoms with Crippen molar-refractivity contribution in [3.8, 4) is 0 Å². The minimum atomic E-state index is -4.21. The lowest BCUT2D eigenvalue weighted by Crippen LogP contribution is -2.46. The summed E-state index contributed by atoms with van der Waals surface area (Å²) >= 11 is 0. The van der Waals surface area contributed by atoms with E-state index in [0.717, 1.165) is 5.56 Å². The van der Waals surface area contributed by atoms with Gasteiger partial charge in [-0.3, -0.25) is 4.90 Å². The van der Waals surface area contributed by atoms with Crippen LogP contribution in [0.3, 0.4) is 0 Å². The number of alkyl halides is 3. The first-order valence-corrected chi connectivity index (χ1v) is 6.43. The molecule has 2 N–H and O–H groups in total. The molecule has 0 spiro atoms. The first-order chi connectivity index (χ1) is 9.33. The Balaban J connectivity index is 2.73. The second kappa shape index (κ2) is 7.06. The van der Waals surface area contributed by atoms with Gasteiger partial charge in [-0.2, -0.15) is 13.2 Å². The van der Waals surface area contributed by atoms with Gasteiger partial charge in [0.25, 0.3) is 0 Å². The van der Waals surface area contributed by atoms with Gasteiger partial charge in [0, 0.05) is 6.54 Å². The third kappa shape index (κ3) is 4.77. The maximum Gasteiger partial charge on any atom is 0.401 e. The Hall–Kier alpha value is -1.11. The number of rotatable bonds is 7. The first kappa shape index (κ1) is 16.9. The highest BCUT2D eigenvalue weighted by Crippen LogP contribution is 2.25. The standard InChI is InChI=1S/C14H21F3N2O/c1-18-13(11-20,12-6-4-3-5-7-12)8-9-19(2)10-14(15,16)17/h3-7,18,20H,8-11H2,1-2H3. The largest absolute Gasteiger partial charge is 0.401 e. The van der Waals surface area contributed by atoms with E-state index in [1.165, 1.54) is 11.9 Å². The molecule has 0 aromatic heterocycles. The number of hydrogen-bond donors (Lipinski definition) is 2. The van der Waals surface area contributed by atoms with Crippen LogP contribution in [-0.2, 0) is 5.54 Å². The van der Waals surface area contributed by atoms with Crippen molar-refractivity contribution in [3.63, 3.8) is 0 Å². The molecule has 0 aliphatic carbocycles. The van der Waals surface area contributed by atoms with Gasteiger partial charge >= 0.3 is 6.18 Å². The molecule has 6 heteroatoms. The zero-order valence-electron chi connectivity index (χ0n) is 11.7. The third-order valence-corrected chi connectivity index (χ3v) is 3.44. The molecule has 0 heterocycles. The van der Waals surface area contributed by atoms with Gasteiger partial charge in [-0.05, 0) is 26.1 Å². The van der Waals surface area contributed by atoms with E-state index in [4.69, 9.17) is 0 Å². The van der Waals surface area contributed by atoms with E-state index in [1.807, 2.05) is 30.3 Å². The van der Waals surface area contributed by atoms with Gasteiger partial charge in [-0.15, -0.1) is 0 Å². The van der Waals surface area contributed by atoms with Gasteiger partial charge in [-0.1, -0.05) is 30.3 Å². The summed E-state index contributed by atoms with van der Waals surface area (Å²) in [6, 6.07) is 9.26. The molecular formula is C14H21F3N2O. The highest BCUT2D eigenvalue weighted by Gasteiger charge is 2.32. The molecule has 1 aromatic rings. The van der Waals surface area contributed by atoms with Crippen LogP contribution in [0.5, 0.6) is 0 Å². The minimum Gasteiger partial charge on any atom is -0.394 e. The van der Waals surface area contributed by atoms with Crippen molar-refractivity contribution in [1.82, 2.24) is 10.2 Å². The fourth-order valence-electron chi connectivity index (χ4n) is 2.19. The van der Waals surface area contributed by atoms with Crippen molar-refractivity contribution in [2.75, 3.05) is 33.8 Å². The maximum absolute atomic E-state index is 12.3. The van der Waals surface area contributed by atoms with Gasteiger partial charge in [0.15, 0.2) is 0 Å². The molecule has 1 aromatic carbocycles. The summed E-state index contributed by atoms with van der Waals surface area (Å²) in [5.74, 6) is 0. The normalized spacial score (nSPS) is 15.3. The van der Waals surface area contributed by atoms with E-state index in [1.54, 1.807) is 7.05 Å². The number of likely N-dealkylation sites (N-methyl/N-ethyl adjacent to an activating group) is 1. The third-order valence-electron chi connectivity index (χ3n) is 3.44. The summed E-state index contributed by atoms with van der Waals surface area (Å²) in [7, 11) is 3.13. The molecule has 0 amide bonds. The summed E-state index contributed by atoms with van der Waals surface area (Å²) in [6.07, 6.45) is -3.82. The van der Waals surface area contributed by atoms with Crippen LogP contribution in [0.25, 0.3) is 0 Å². The van der Waals surface area contributed by atoms with E-state index in [-0.39, 0.29) is 13.2 Å². The number of benzene rings is 1. The molecule has 20 heavy (non-hydrogen) atoms. The smallest absolute Gasteiger partial charge is 0.394 e. The molecule has 1 unspecified atom stereocenters. The molecule has 3 nitrogen and oxygen atoms in total. The van der Waals surface area contributed by atoms with Crippen molar-refractivity contribution in [2.45, 2.75) is 18.1 Å². The number of nitrogens with zero attached hydrogens (tertiary/aromatic N) is 1. The van der Waals surface area contributed by atoms with Crippen molar-refractivity contribution >= 4 is 0 Å². The summed E-state index contributed by atoms with van der Waals surface area (Å²) in [4.78, 5) is 1.21. The maximum atomic E-state index is 12.3. The average Bonchev–Trinajstić information content (AvgIpc) is 2.40. The summed E-state index contributed by atoms with van der Waals surface area (Å²) in [5.41, 5.74) is 0.145. The van der Waals surface area contributed by atoms with Crippen LogP contribution in [0.4, 0.5) is 13.2 Å². The molecule has 1 rings (SSSR count). The van der Waals surface area contributed by atoms with Crippen molar-refractivity contribution in [3.05, 3.63) is 35.9 Å². The summed E-state index contributed by atoms with van der Waals surface area (Å²) in [5, 5.41) is 12.7. The Bertz CT molecular complexity index is 391. The second-order valence-electron chi connectivity index (χ2n) is 4.96. The van der Waals surface area contributed by atoms with E-state index in [2.05, 4.69) is 5.32 Å². The highest BCUT2D eigenvalue weighted by atomic mass is 19.4. The van der Waals surface area contributed by atoms with Crippen molar-refractivity contribution in [2.24, 2.45) is 0 Å². The quantitative estimate of drug-likeness (QED) is 0.806. The summed E-state index contributed by atoms with van der Waals surface area (Å²) in [6.45, 7) is -0.893. The van der Waals surface area contributed by atoms with Crippen molar-refractivity contribution in [1.29, 1.82) is 0 Å². The molecule has 0 fully saturated rings. The molecule has 0 bridgehead atoms. The number of aliphatic hydroxyl groups is 1. The lowest BCUT2D eigenvalue weighted by molar-refractivity contribution is -0.143. The topological polar surface area (TPSA) is 35.5 Å². The van der Waals surface area contributed by atoms with Crippen LogP contribution in [0.1, 0.15) is 12.0 Å². The Morgan fingerprint density at radius 1 is 1.20 bits per heavy atom. The van der Waals surface area contributed by atoms with Gasteiger partial charge in [0.1, 0.15) is 0 Å². The molecule has 114 valence electrons. The number of hydrogen-bond acceptors (Lipinski definition) is 3. The predicted molar refractivity (Wildman–Crippen MR) is 72.4 cm³/mol. The highest BCUT2D eigenvalue weighted by molar-refractivity contribution is 5.24. The Morgan fingerprint density at radius 3 is 2.25 bits per heavy atom. The van der Waals surface area contributed by atoms with Gasteiger partial charge in [0.05, 0.1) is 18.7 Å². The average molecular weight is 290 g/mol. The molecule has 0 aliphatic heterocycles. The van der Waals surface area contributed by atoms with E-state index >= 15 is 0 Å². The van der Waals surface area contributed by atoms with Crippen LogP contribution < -0.4 is 5.32 Å². The molecular weight excluding hydrogens is 269 g/mol. The number of aliphatic hydroxyl groups excluding tert-OH is 1. The first-order valence-electron chi connectivity index (χ1n) is 6.43. The van der Waals surface area contributed by atoms with Gasteiger partial charge < -0.3 is 10.4 Å². The van der Waals surface area contributed by atoms with Crippen LogP contribution in [0.2, 0.25) is 0 Å².